The van der Waals surface area contributed by atoms with Crippen LogP contribution in [-0.4, -0.2) is 48.2 Å². The number of anilines is 2. The molecule has 0 atom stereocenters. The second-order valence-corrected chi connectivity index (χ2v) is 8.29. The van der Waals surface area contributed by atoms with E-state index in [4.69, 9.17) is 14.7 Å². The molecule has 4 rings (SSSR count). The molecule has 1 aliphatic heterocycles. The number of fused-ring (bicyclic) bond motifs is 1. The number of hydrogen-bond acceptors (Lipinski definition) is 7. The monoisotopic (exact) mass is 431 g/mol. The lowest BCUT2D eigenvalue weighted by Gasteiger charge is -2.30. The maximum absolute atomic E-state index is 9.14. The number of nitrogens with zero attached hydrogens (tertiary/aromatic N) is 4. The first-order valence-electron chi connectivity index (χ1n) is 11.1. The summed E-state index contributed by atoms with van der Waals surface area (Å²) in [5, 5.41) is 13.2. The third kappa shape index (κ3) is 5.27. The van der Waals surface area contributed by atoms with Crippen molar-refractivity contribution in [3.8, 4) is 17.6 Å². The Labute approximate surface area is 189 Å². The minimum atomic E-state index is 0.584. The lowest BCUT2D eigenvalue weighted by molar-refractivity contribution is 0.176. The minimum absolute atomic E-state index is 0.584. The molecule has 0 unspecified atom stereocenters. The van der Waals surface area contributed by atoms with Gasteiger partial charge in [0.15, 0.2) is 11.5 Å². The third-order valence-electron chi connectivity index (χ3n) is 5.93. The van der Waals surface area contributed by atoms with Gasteiger partial charge in [0.25, 0.3) is 0 Å². The van der Waals surface area contributed by atoms with Crippen LogP contribution in [-0.2, 0) is 0 Å². The standard InChI is InChI=1S/C25H29N5O2/c1-18-7-10-30(11-8-18)9-4-12-32-24-15-22-21(14-23(24)31-2)25(28-17-27-22)29-20-6-3-5-19(13-20)16-26/h3,5-6,13-15,17-18H,4,7-12H2,1-2H3,(H,27,28,29). The Morgan fingerprint density at radius 2 is 2.00 bits per heavy atom. The molecular formula is C25H29N5O2. The normalized spacial score (nSPS) is 14.8. The Kier molecular flexibility index (Phi) is 7.03. The fourth-order valence-corrected chi connectivity index (χ4v) is 4.00. The van der Waals surface area contributed by atoms with Crippen molar-refractivity contribution in [3.05, 3.63) is 48.3 Å². The van der Waals surface area contributed by atoms with Crippen molar-refractivity contribution in [2.24, 2.45) is 5.92 Å². The quantitative estimate of drug-likeness (QED) is 0.515. The average Bonchev–Trinajstić information content (AvgIpc) is 2.83. The number of nitrogens with one attached hydrogen (secondary N) is 1. The SMILES string of the molecule is COc1cc2c(Nc3cccc(C#N)c3)ncnc2cc1OCCCN1CCC(C)CC1. The van der Waals surface area contributed by atoms with Crippen LogP contribution in [0.3, 0.4) is 0 Å². The smallest absolute Gasteiger partial charge is 0.163 e. The van der Waals surface area contributed by atoms with Gasteiger partial charge in [0.05, 0.1) is 30.9 Å². The summed E-state index contributed by atoms with van der Waals surface area (Å²) in [6.45, 7) is 6.39. The summed E-state index contributed by atoms with van der Waals surface area (Å²) in [5.41, 5.74) is 2.14. The predicted octanol–water partition coefficient (Wildman–Crippen LogP) is 4.75. The van der Waals surface area contributed by atoms with Gasteiger partial charge < -0.3 is 19.7 Å². The van der Waals surface area contributed by atoms with Crippen molar-refractivity contribution in [2.75, 3.05) is 38.7 Å². The molecule has 2 heterocycles. The van der Waals surface area contributed by atoms with Crippen molar-refractivity contribution in [2.45, 2.75) is 26.2 Å². The largest absolute Gasteiger partial charge is 0.493 e. The number of methoxy groups -OCH3 is 1. The zero-order valence-corrected chi connectivity index (χ0v) is 18.7. The molecule has 3 aromatic rings. The van der Waals surface area contributed by atoms with Crippen molar-refractivity contribution in [3.63, 3.8) is 0 Å². The minimum Gasteiger partial charge on any atom is -0.493 e. The highest BCUT2D eigenvalue weighted by Crippen LogP contribution is 2.35. The van der Waals surface area contributed by atoms with E-state index in [2.05, 4.69) is 33.2 Å². The summed E-state index contributed by atoms with van der Waals surface area (Å²) in [5.74, 6) is 2.83. The Morgan fingerprint density at radius 1 is 1.16 bits per heavy atom. The molecule has 32 heavy (non-hydrogen) atoms. The molecule has 1 aromatic heterocycles. The molecule has 7 nitrogen and oxygen atoms in total. The van der Waals surface area contributed by atoms with Gasteiger partial charge in [-0.05, 0) is 62.5 Å². The Morgan fingerprint density at radius 3 is 2.78 bits per heavy atom. The molecule has 7 heteroatoms. The van der Waals surface area contributed by atoms with Gasteiger partial charge in [0, 0.05) is 23.7 Å². The molecule has 0 bridgehead atoms. The van der Waals surface area contributed by atoms with Crippen LogP contribution in [0.15, 0.2) is 42.7 Å². The molecule has 2 aromatic carbocycles. The predicted molar refractivity (Wildman–Crippen MR) is 125 cm³/mol. The van der Waals surface area contributed by atoms with Gasteiger partial charge in [-0.25, -0.2) is 9.97 Å². The summed E-state index contributed by atoms with van der Waals surface area (Å²) >= 11 is 0. The van der Waals surface area contributed by atoms with Gasteiger partial charge in [0.1, 0.15) is 12.1 Å². The fraction of sp³-hybridized carbons (Fsp3) is 0.400. The zero-order chi connectivity index (χ0) is 22.3. The lowest BCUT2D eigenvalue weighted by Crippen LogP contribution is -2.34. The molecule has 0 aliphatic carbocycles. The van der Waals surface area contributed by atoms with Crippen molar-refractivity contribution < 1.29 is 9.47 Å². The van der Waals surface area contributed by atoms with Crippen LogP contribution in [0.25, 0.3) is 10.9 Å². The van der Waals surface area contributed by atoms with E-state index in [9.17, 15) is 0 Å². The summed E-state index contributed by atoms with van der Waals surface area (Å²) in [6.07, 6.45) is 5.07. The summed E-state index contributed by atoms with van der Waals surface area (Å²) in [4.78, 5) is 11.3. The molecule has 0 amide bonds. The second-order valence-electron chi connectivity index (χ2n) is 8.29. The molecule has 1 saturated heterocycles. The molecule has 1 aliphatic rings. The van der Waals surface area contributed by atoms with Crippen LogP contribution < -0.4 is 14.8 Å². The molecule has 0 radical (unpaired) electrons. The van der Waals surface area contributed by atoms with E-state index < -0.39 is 0 Å². The topological polar surface area (TPSA) is 83.3 Å². The number of piperidine rings is 1. The lowest BCUT2D eigenvalue weighted by atomic mass is 9.99. The zero-order valence-electron chi connectivity index (χ0n) is 18.7. The number of rotatable bonds is 8. The number of likely N-dealkylation sites (tertiary alicyclic amines) is 1. The van der Waals surface area contributed by atoms with Gasteiger partial charge in [-0.1, -0.05) is 13.0 Å². The fourth-order valence-electron chi connectivity index (χ4n) is 4.00. The first-order chi connectivity index (χ1) is 15.7. The maximum atomic E-state index is 9.14. The molecule has 0 spiro atoms. The first kappa shape index (κ1) is 21.8. The molecule has 166 valence electrons. The summed E-state index contributed by atoms with van der Waals surface area (Å²) < 4.78 is 11.7. The van der Waals surface area contributed by atoms with E-state index in [0.29, 0.717) is 29.5 Å². The maximum Gasteiger partial charge on any atom is 0.163 e. The van der Waals surface area contributed by atoms with Crippen molar-refractivity contribution in [1.29, 1.82) is 5.26 Å². The van der Waals surface area contributed by atoms with Crippen LogP contribution in [0, 0.1) is 17.2 Å². The van der Waals surface area contributed by atoms with E-state index in [1.807, 2.05) is 24.3 Å². The number of ether oxygens (including phenoxy) is 2. The van der Waals surface area contributed by atoms with Crippen LogP contribution in [0.4, 0.5) is 11.5 Å². The average molecular weight is 432 g/mol. The van der Waals surface area contributed by atoms with E-state index >= 15 is 0 Å². The van der Waals surface area contributed by atoms with Crippen molar-refractivity contribution in [1.82, 2.24) is 14.9 Å². The summed E-state index contributed by atoms with van der Waals surface area (Å²) in [6, 6.07) is 13.2. The van der Waals surface area contributed by atoms with Crippen LogP contribution in [0.5, 0.6) is 11.5 Å². The van der Waals surface area contributed by atoms with Gasteiger partial charge in [-0.2, -0.15) is 5.26 Å². The van der Waals surface area contributed by atoms with Crippen LogP contribution >= 0.6 is 0 Å². The second kappa shape index (κ2) is 10.3. The van der Waals surface area contributed by atoms with Crippen LogP contribution in [0.2, 0.25) is 0 Å². The first-order valence-corrected chi connectivity index (χ1v) is 11.1. The third-order valence-corrected chi connectivity index (χ3v) is 5.93. The van der Waals surface area contributed by atoms with Crippen LogP contribution in [0.1, 0.15) is 31.7 Å². The number of aromatic nitrogens is 2. The highest BCUT2D eigenvalue weighted by atomic mass is 16.5. The molecule has 1 fully saturated rings. The van der Waals surface area contributed by atoms with E-state index in [1.165, 1.54) is 32.3 Å². The van der Waals surface area contributed by atoms with Gasteiger partial charge >= 0.3 is 0 Å². The number of nitriles is 1. The molecule has 1 N–H and O–H groups in total. The molecule has 0 saturated carbocycles. The van der Waals surface area contributed by atoms with Gasteiger partial charge in [-0.15, -0.1) is 0 Å². The Balaban J connectivity index is 1.45. The van der Waals surface area contributed by atoms with Gasteiger partial charge in [0.2, 0.25) is 0 Å². The van der Waals surface area contributed by atoms with E-state index in [-0.39, 0.29) is 0 Å². The molecular weight excluding hydrogens is 402 g/mol. The van der Waals surface area contributed by atoms with Gasteiger partial charge in [-0.3, -0.25) is 0 Å². The summed E-state index contributed by atoms with van der Waals surface area (Å²) in [7, 11) is 1.64. The Hall–Kier alpha value is -3.37. The van der Waals surface area contributed by atoms with E-state index in [1.54, 1.807) is 19.2 Å². The van der Waals surface area contributed by atoms with E-state index in [0.717, 1.165) is 35.5 Å². The Bertz CT molecular complexity index is 1100. The van der Waals surface area contributed by atoms with Crippen molar-refractivity contribution >= 4 is 22.4 Å². The number of hydrogen-bond donors (Lipinski definition) is 1. The highest BCUT2D eigenvalue weighted by molar-refractivity contribution is 5.93. The number of benzene rings is 2. The highest BCUT2D eigenvalue weighted by Gasteiger charge is 2.16.